The molecule has 0 aliphatic carbocycles. The number of carbonyl (C=O) groups excluding carboxylic acids is 1. The molecule has 2 fully saturated rings. The fraction of sp³-hybridized carbons (Fsp3) is 0.531. The summed E-state index contributed by atoms with van der Waals surface area (Å²) in [6, 6.07) is 8.87. The molecule has 6 rings (SSSR count). The summed E-state index contributed by atoms with van der Waals surface area (Å²) < 4.78 is 12.7. The van der Waals surface area contributed by atoms with Crippen molar-refractivity contribution >= 4 is 22.5 Å². The van der Waals surface area contributed by atoms with E-state index in [1.165, 1.54) is 16.5 Å². The van der Waals surface area contributed by atoms with Crippen molar-refractivity contribution in [1.29, 1.82) is 0 Å². The van der Waals surface area contributed by atoms with Crippen LogP contribution in [0.3, 0.4) is 0 Å². The summed E-state index contributed by atoms with van der Waals surface area (Å²) in [6.45, 7) is 7.68. The van der Waals surface area contributed by atoms with Gasteiger partial charge in [-0.25, -0.2) is 9.50 Å². The molecule has 3 aromatic heterocycles. The van der Waals surface area contributed by atoms with Gasteiger partial charge < -0.3 is 24.5 Å². The number of amides is 1. The smallest absolute Gasteiger partial charge is 0.237 e. The van der Waals surface area contributed by atoms with Gasteiger partial charge in [0.2, 0.25) is 5.91 Å². The number of aliphatic hydroxyl groups excluding tert-OH is 1. The van der Waals surface area contributed by atoms with Crippen LogP contribution in [0.4, 0.5) is 0 Å². The fourth-order valence-corrected chi connectivity index (χ4v) is 6.94. The van der Waals surface area contributed by atoms with Crippen molar-refractivity contribution in [2.75, 3.05) is 47.0 Å². The van der Waals surface area contributed by atoms with Crippen LogP contribution in [0.1, 0.15) is 61.6 Å². The normalized spacial score (nSPS) is 20.5. The van der Waals surface area contributed by atoms with Crippen LogP contribution in [0.25, 0.3) is 27.8 Å². The van der Waals surface area contributed by atoms with Crippen LogP contribution in [0, 0.1) is 0 Å². The maximum atomic E-state index is 13.1. The first kappa shape index (κ1) is 28.8. The Morgan fingerprint density at radius 1 is 1.19 bits per heavy atom. The van der Waals surface area contributed by atoms with Gasteiger partial charge in [-0.05, 0) is 73.5 Å². The number of fused-ring (bicyclic) bond motifs is 2. The molecule has 1 aromatic carbocycles. The Hall–Kier alpha value is -3.31. The van der Waals surface area contributed by atoms with Crippen LogP contribution in [0.15, 0.2) is 36.8 Å². The number of carbonyl (C=O) groups is 1. The number of hydrogen-bond acceptors (Lipinski definition) is 7. The number of ether oxygens (including phenoxy) is 2. The van der Waals surface area contributed by atoms with Crippen molar-refractivity contribution in [3.8, 4) is 11.3 Å². The predicted octanol–water partition coefficient (Wildman–Crippen LogP) is 3.94. The highest BCUT2D eigenvalue weighted by Gasteiger charge is 2.35. The van der Waals surface area contributed by atoms with E-state index in [0.29, 0.717) is 38.0 Å². The molecule has 10 nitrogen and oxygen atoms in total. The lowest BCUT2D eigenvalue weighted by Gasteiger charge is -2.33. The minimum Gasteiger partial charge on any atom is -0.394 e. The van der Waals surface area contributed by atoms with Crippen LogP contribution >= 0.6 is 0 Å². The van der Waals surface area contributed by atoms with Crippen molar-refractivity contribution in [2.45, 2.75) is 63.7 Å². The minimum atomic E-state index is -0.141. The summed E-state index contributed by atoms with van der Waals surface area (Å²) in [5, 5.41) is 15.4. The number of hydrogen-bond donors (Lipinski definition) is 2. The van der Waals surface area contributed by atoms with Gasteiger partial charge in [0.1, 0.15) is 6.33 Å². The molecule has 2 aliphatic rings. The van der Waals surface area contributed by atoms with Crippen LogP contribution < -0.4 is 0 Å². The quantitative estimate of drug-likeness (QED) is 0.312. The van der Waals surface area contributed by atoms with Crippen molar-refractivity contribution in [1.82, 2.24) is 29.4 Å². The Balaban J connectivity index is 1.20. The molecule has 0 radical (unpaired) electrons. The summed E-state index contributed by atoms with van der Waals surface area (Å²) in [7, 11) is 3.37. The minimum absolute atomic E-state index is 0.00862. The molecule has 0 unspecified atom stereocenters. The Labute approximate surface area is 246 Å². The number of nitrogens with zero attached hydrogens (tertiary/aromatic N) is 5. The van der Waals surface area contributed by atoms with Gasteiger partial charge in [-0.3, -0.25) is 9.69 Å². The van der Waals surface area contributed by atoms with E-state index < -0.39 is 0 Å². The third-order valence-electron chi connectivity index (χ3n) is 9.14. The van der Waals surface area contributed by atoms with Crippen molar-refractivity contribution < 1.29 is 19.4 Å². The summed E-state index contributed by atoms with van der Waals surface area (Å²) in [6.07, 6.45) is 6.35. The van der Waals surface area contributed by atoms with Crippen LogP contribution in [0.5, 0.6) is 0 Å². The van der Waals surface area contributed by atoms with E-state index in [4.69, 9.17) is 9.47 Å². The average Bonchev–Trinajstić information content (AvgIpc) is 3.73. The fourth-order valence-electron chi connectivity index (χ4n) is 6.94. The van der Waals surface area contributed by atoms with Crippen LogP contribution in [-0.2, 0) is 20.9 Å². The van der Waals surface area contributed by atoms with Crippen LogP contribution in [0.2, 0.25) is 0 Å². The van der Waals surface area contributed by atoms with Gasteiger partial charge >= 0.3 is 0 Å². The number of pyridine rings is 1. The zero-order chi connectivity index (χ0) is 29.4. The summed E-state index contributed by atoms with van der Waals surface area (Å²) in [5.41, 5.74) is 7.78. The standard InChI is InChI=1S/C32H42N6O4/c1-20(2)30-27-12-22(21-7-9-36(10-8-21)16-29(40)37-15-26(42-4)13-25(37)17-39)5-6-28(27)35-31(30)23-11-24(18-41-3)32-33-19-34-38(32)14-23/h5-6,11-12,14,19-21,25-26,35,39H,7-10,13,15-18H2,1-4H3/t25-,26-/m1/s1. The first-order valence-electron chi connectivity index (χ1n) is 15.0. The molecule has 1 amide bonds. The molecule has 0 saturated carbocycles. The van der Waals surface area contributed by atoms with Gasteiger partial charge in [-0.1, -0.05) is 19.9 Å². The third-order valence-corrected chi connectivity index (χ3v) is 9.14. The highest BCUT2D eigenvalue weighted by molar-refractivity contribution is 5.92. The lowest BCUT2D eigenvalue weighted by molar-refractivity contribution is -0.134. The molecule has 224 valence electrons. The van der Waals surface area contributed by atoms with E-state index in [9.17, 15) is 9.90 Å². The van der Waals surface area contributed by atoms with Gasteiger partial charge in [0.15, 0.2) is 5.65 Å². The molecular formula is C32H42N6O4. The topological polar surface area (TPSA) is 108 Å². The molecule has 2 N–H and O–H groups in total. The van der Waals surface area contributed by atoms with Crippen molar-refractivity contribution in [2.24, 2.45) is 0 Å². The highest BCUT2D eigenvalue weighted by Crippen LogP contribution is 2.39. The summed E-state index contributed by atoms with van der Waals surface area (Å²) in [5.74, 6) is 0.863. The maximum absolute atomic E-state index is 13.1. The van der Waals surface area contributed by atoms with Gasteiger partial charge in [-0.15, -0.1) is 0 Å². The zero-order valence-corrected chi connectivity index (χ0v) is 25.0. The van der Waals surface area contributed by atoms with Crippen molar-refractivity contribution in [3.05, 3.63) is 53.5 Å². The second-order valence-electron chi connectivity index (χ2n) is 12.1. The molecule has 2 aliphatic heterocycles. The molecule has 5 heterocycles. The maximum Gasteiger partial charge on any atom is 0.237 e. The van der Waals surface area contributed by atoms with E-state index in [-0.39, 0.29) is 24.7 Å². The molecule has 0 spiro atoms. The largest absolute Gasteiger partial charge is 0.394 e. The number of H-pyrrole nitrogens is 1. The summed E-state index contributed by atoms with van der Waals surface area (Å²) >= 11 is 0. The Kier molecular flexibility index (Phi) is 8.31. The number of aromatic amines is 1. The van der Waals surface area contributed by atoms with E-state index in [2.05, 4.69) is 58.1 Å². The Morgan fingerprint density at radius 3 is 2.71 bits per heavy atom. The van der Waals surface area contributed by atoms with E-state index >= 15 is 0 Å². The Morgan fingerprint density at radius 2 is 2.00 bits per heavy atom. The van der Waals surface area contributed by atoms with Gasteiger partial charge in [0.05, 0.1) is 37.6 Å². The number of methoxy groups -OCH3 is 2. The number of likely N-dealkylation sites (tertiary alicyclic amines) is 2. The van der Waals surface area contributed by atoms with Gasteiger partial charge in [-0.2, -0.15) is 5.10 Å². The number of rotatable bonds is 9. The zero-order valence-electron chi connectivity index (χ0n) is 25.0. The monoisotopic (exact) mass is 574 g/mol. The summed E-state index contributed by atoms with van der Waals surface area (Å²) in [4.78, 5) is 25.3. The molecular weight excluding hydrogens is 532 g/mol. The molecule has 0 bridgehead atoms. The average molecular weight is 575 g/mol. The van der Waals surface area contributed by atoms with E-state index in [1.54, 1.807) is 20.5 Å². The lowest BCUT2D eigenvalue weighted by atomic mass is 9.87. The van der Waals surface area contributed by atoms with Gasteiger partial charge in [0.25, 0.3) is 0 Å². The number of nitrogens with one attached hydrogen (secondary N) is 1. The molecule has 42 heavy (non-hydrogen) atoms. The first-order valence-corrected chi connectivity index (χ1v) is 15.0. The van der Waals surface area contributed by atoms with E-state index in [1.807, 2.05) is 15.6 Å². The predicted molar refractivity (Wildman–Crippen MR) is 161 cm³/mol. The molecule has 10 heteroatoms. The van der Waals surface area contributed by atoms with Crippen LogP contribution in [-0.4, -0.2) is 99.5 Å². The van der Waals surface area contributed by atoms with Gasteiger partial charge in [0, 0.05) is 49.0 Å². The van der Waals surface area contributed by atoms with Crippen molar-refractivity contribution in [3.63, 3.8) is 0 Å². The lowest BCUT2D eigenvalue weighted by Crippen LogP contribution is -2.46. The number of piperidine rings is 1. The highest BCUT2D eigenvalue weighted by atomic mass is 16.5. The number of aromatic nitrogens is 4. The first-order chi connectivity index (χ1) is 20.4. The number of benzene rings is 1. The second-order valence-corrected chi connectivity index (χ2v) is 12.1. The third kappa shape index (κ3) is 5.44. The Bertz CT molecular complexity index is 1550. The molecule has 2 saturated heterocycles. The molecule has 2 atom stereocenters. The number of aliphatic hydroxyl groups is 1. The molecule has 4 aromatic rings. The SMILES string of the molecule is COCc1cc(-c2[nH]c3ccc(C4CCN(CC(=O)N5C[C@H](OC)C[C@@H]5CO)CC4)cc3c2C(C)C)cn2ncnc12. The van der Waals surface area contributed by atoms with E-state index in [0.717, 1.165) is 53.9 Å². The second kappa shape index (κ2) is 12.1.